The first-order valence-corrected chi connectivity index (χ1v) is 10.0. The molecule has 1 aliphatic rings. The number of rotatable bonds is 4. The quantitative estimate of drug-likeness (QED) is 0.592. The number of aromatic nitrogens is 2. The van der Waals surface area contributed by atoms with Crippen molar-refractivity contribution < 1.29 is 0 Å². The molecule has 0 saturated carbocycles. The third kappa shape index (κ3) is 2.97. The fourth-order valence-electron chi connectivity index (χ4n) is 3.83. The second-order valence-corrected chi connectivity index (χ2v) is 7.79. The van der Waals surface area contributed by atoms with Crippen molar-refractivity contribution in [1.82, 2.24) is 14.3 Å². The van der Waals surface area contributed by atoms with Crippen molar-refractivity contribution >= 4 is 38.3 Å². The molecule has 0 unspecified atom stereocenters. The zero-order valence-corrected chi connectivity index (χ0v) is 15.5. The summed E-state index contributed by atoms with van der Waals surface area (Å²) in [6.07, 6.45) is 3.12. The molecule has 0 aliphatic carbocycles. The van der Waals surface area contributed by atoms with E-state index in [1.165, 1.54) is 32.4 Å². The van der Waals surface area contributed by atoms with Crippen LogP contribution in [0.25, 0.3) is 21.0 Å². The zero-order valence-electron chi connectivity index (χ0n) is 14.7. The van der Waals surface area contributed by atoms with Crippen LogP contribution in [0, 0.1) is 0 Å². The standard InChI is InChI=1S/C21H22N4S/c1-2-4-20-18(3-1)21(23-26-20)25-13-11-24(12-14-25)10-8-16-5-6-19-17(15-16)7-9-22-19/h1-7,9,15,22H,8,10-14H2. The van der Waals surface area contributed by atoms with Crippen molar-refractivity contribution in [3.8, 4) is 0 Å². The molecule has 1 saturated heterocycles. The second-order valence-electron chi connectivity index (χ2n) is 6.98. The molecule has 1 aliphatic heterocycles. The molecule has 0 atom stereocenters. The van der Waals surface area contributed by atoms with Gasteiger partial charge in [-0.2, -0.15) is 4.37 Å². The third-order valence-corrected chi connectivity index (χ3v) is 6.18. The number of hydrogen-bond donors (Lipinski definition) is 1. The average molecular weight is 363 g/mol. The molecule has 0 spiro atoms. The monoisotopic (exact) mass is 362 g/mol. The average Bonchev–Trinajstić information content (AvgIpc) is 3.33. The maximum atomic E-state index is 4.71. The summed E-state index contributed by atoms with van der Waals surface area (Å²) in [5.41, 5.74) is 2.64. The normalized spacial score (nSPS) is 15.9. The number of piperazine rings is 1. The Morgan fingerprint density at radius 1 is 1.00 bits per heavy atom. The molecule has 1 fully saturated rings. The number of benzene rings is 2. The van der Waals surface area contributed by atoms with Crippen LogP contribution in [0.3, 0.4) is 0 Å². The summed E-state index contributed by atoms with van der Waals surface area (Å²) < 4.78 is 5.99. The van der Waals surface area contributed by atoms with E-state index in [1.807, 2.05) is 6.20 Å². The molecule has 1 N–H and O–H groups in total. The molecule has 2 aromatic carbocycles. The Morgan fingerprint density at radius 2 is 1.88 bits per heavy atom. The zero-order chi connectivity index (χ0) is 17.3. The van der Waals surface area contributed by atoms with Gasteiger partial charge in [-0.1, -0.05) is 18.2 Å². The lowest BCUT2D eigenvalue weighted by atomic mass is 10.1. The van der Waals surface area contributed by atoms with Crippen LogP contribution in [-0.2, 0) is 6.42 Å². The van der Waals surface area contributed by atoms with E-state index in [9.17, 15) is 0 Å². The molecule has 4 aromatic rings. The van der Waals surface area contributed by atoms with Crippen LogP contribution in [0.5, 0.6) is 0 Å². The Labute approximate surface area is 157 Å². The highest BCUT2D eigenvalue weighted by Gasteiger charge is 2.20. The highest BCUT2D eigenvalue weighted by molar-refractivity contribution is 7.13. The number of nitrogens with one attached hydrogen (secondary N) is 1. The molecule has 132 valence electrons. The fraction of sp³-hybridized carbons (Fsp3) is 0.286. The third-order valence-electron chi connectivity index (χ3n) is 5.36. The van der Waals surface area contributed by atoms with Crippen LogP contribution in [0.2, 0.25) is 0 Å². The van der Waals surface area contributed by atoms with Crippen molar-refractivity contribution in [3.63, 3.8) is 0 Å². The van der Waals surface area contributed by atoms with E-state index in [1.54, 1.807) is 11.5 Å². The summed E-state index contributed by atoms with van der Waals surface area (Å²) in [7, 11) is 0. The Morgan fingerprint density at radius 3 is 2.81 bits per heavy atom. The van der Waals surface area contributed by atoms with Crippen LogP contribution in [0.1, 0.15) is 5.56 Å². The van der Waals surface area contributed by atoms with E-state index in [2.05, 4.69) is 63.3 Å². The summed E-state index contributed by atoms with van der Waals surface area (Å²) in [5, 5.41) is 2.61. The van der Waals surface area contributed by atoms with E-state index in [0.717, 1.165) is 39.1 Å². The molecular formula is C21H22N4S. The largest absolute Gasteiger partial charge is 0.361 e. The predicted molar refractivity (Wildman–Crippen MR) is 110 cm³/mol. The minimum Gasteiger partial charge on any atom is -0.361 e. The maximum absolute atomic E-state index is 4.71. The van der Waals surface area contributed by atoms with Gasteiger partial charge in [0.25, 0.3) is 0 Å². The van der Waals surface area contributed by atoms with E-state index < -0.39 is 0 Å². The second kappa shape index (κ2) is 6.74. The van der Waals surface area contributed by atoms with Crippen LogP contribution in [0.15, 0.2) is 54.7 Å². The van der Waals surface area contributed by atoms with Crippen molar-refractivity contribution in [3.05, 3.63) is 60.3 Å². The summed E-state index contributed by atoms with van der Waals surface area (Å²) in [6, 6.07) is 17.4. The van der Waals surface area contributed by atoms with Crippen molar-refractivity contribution in [2.45, 2.75) is 6.42 Å². The number of hydrogen-bond acceptors (Lipinski definition) is 4. The number of H-pyrrole nitrogens is 1. The molecule has 0 radical (unpaired) electrons. The summed E-state index contributed by atoms with van der Waals surface area (Å²) in [4.78, 5) is 8.28. The Kier molecular flexibility index (Phi) is 4.11. The summed E-state index contributed by atoms with van der Waals surface area (Å²) in [5.74, 6) is 1.17. The lowest BCUT2D eigenvalue weighted by Crippen LogP contribution is -2.47. The summed E-state index contributed by atoms with van der Waals surface area (Å²) in [6.45, 7) is 5.47. The van der Waals surface area contributed by atoms with Gasteiger partial charge in [0, 0.05) is 49.8 Å². The molecule has 3 heterocycles. The number of nitrogens with zero attached hydrogens (tertiary/aromatic N) is 3. The fourth-order valence-corrected chi connectivity index (χ4v) is 4.63. The Balaban J connectivity index is 1.20. The molecule has 5 rings (SSSR count). The van der Waals surface area contributed by atoms with Gasteiger partial charge in [-0.25, -0.2) is 0 Å². The molecule has 26 heavy (non-hydrogen) atoms. The van der Waals surface area contributed by atoms with Crippen LogP contribution >= 0.6 is 11.5 Å². The highest BCUT2D eigenvalue weighted by Crippen LogP contribution is 2.29. The topological polar surface area (TPSA) is 35.2 Å². The van der Waals surface area contributed by atoms with Gasteiger partial charge in [-0.15, -0.1) is 0 Å². The van der Waals surface area contributed by atoms with Crippen LogP contribution < -0.4 is 4.90 Å². The van der Waals surface area contributed by atoms with Crippen LogP contribution in [0.4, 0.5) is 5.82 Å². The van der Waals surface area contributed by atoms with E-state index in [-0.39, 0.29) is 0 Å². The number of anilines is 1. The van der Waals surface area contributed by atoms with Crippen LogP contribution in [-0.4, -0.2) is 47.0 Å². The van der Waals surface area contributed by atoms with E-state index in [0.29, 0.717) is 0 Å². The lowest BCUT2D eigenvalue weighted by molar-refractivity contribution is 0.261. The molecule has 0 bridgehead atoms. The van der Waals surface area contributed by atoms with Gasteiger partial charge in [0.2, 0.25) is 0 Å². The van der Waals surface area contributed by atoms with E-state index >= 15 is 0 Å². The molecule has 5 heteroatoms. The Hall–Kier alpha value is -2.37. The first kappa shape index (κ1) is 15.9. The van der Waals surface area contributed by atoms with E-state index in [4.69, 9.17) is 4.37 Å². The van der Waals surface area contributed by atoms with Gasteiger partial charge < -0.3 is 9.88 Å². The van der Waals surface area contributed by atoms with Crippen molar-refractivity contribution in [1.29, 1.82) is 0 Å². The smallest absolute Gasteiger partial charge is 0.150 e. The van der Waals surface area contributed by atoms with Gasteiger partial charge in [0.15, 0.2) is 0 Å². The molecular weight excluding hydrogens is 340 g/mol. The van der Waals surface area contributed by atoms with Gasteiger partial charge in [0.05, 0.1) is 4.70 Å². The van der Waals surface area contributed by atoms with Gasteiger partial charge >= 0.3 is 0 Å². The lowest BCUT2D eigenvalue weighted by Gasteiger charge is -2.35. The van der Waals surface area contributed by atoms with Crippen molar-refractivity contribution in [2.24, 2.45) is 0 Å². The first-order chi connectivity index (χ1) is 12.9. The van der Waals surface area contributed by atoms with Gasteiger partial charge in [-0.3, -0.25) is 4.90 Å². The SMILES string of the molecule is c1ccc2c(N3CCN(CCc4ccc5[nH]ccc5c4)CC3)nsc2c1. The molecule has 2 aromatic heterocycles. The summed E-state index contributed by atoms with van der Waals surface area (Å²) >= 11 is 1.61. The molecule has 0 amide bonds. The maximum Gasteiger partial charge on any atom is 0.150 e. The van der Waals surface area contributed by atoms with Crippen molar-refractivity contribution in [2.75, 3.05) is 37.6 Å². The minimum atomic E-state index is 1.06. The minimum absolute atomic E-state index is 1.06. The Bertz CT molecular complexity index is 1030. The van der Waals surface area contributed by atoms with Gasteiger partial charge in [0.1, 0.15) is 5.82 Å². The predicted octanol–water partition coefficient (Wildman–Crippen LogP) is 4.14. The highest BCUT2D eigenvalue weighted by atomic mass is 32.1. The number of aromatic amines is 1. The van der Waals surface area contributed by atoms with Gasteiger partial charge in [-0.05, 0) is 59.2 Å². The first-order valence-electron chi connectivity index (χ1n) is 9.24. The number of fused-ring (bicyclic) bond motifs is 2. The molecule has 4 nitrogen and oxygen atoms in total.